The Bertz CT molecular complexity index is 337. The predicted octanol–water partition coefficient (Wildman–Crippen LogP) is 5.17. The van der Waals surface area contributed by atoms with Crippen molar-refractivity contribution in [3.63, 3.8) is 0 Å². The fourth-order valence-corrected chi connectivity index (χ4v) is 2.51. The molecule has 0 fully saturated rings. The fraction of sp³-hybridized carbons (Fsp3) is 0.600. The van der Waals surface area contributed by atoms with Crippen LogP contribution >= 0.6 is 11.6 Å². The summed E-state index contributed by atoms with van der Waals surface area (Å²) < 4.78 is 5.37. The second kappa shape index (κ2) is 6.90. The number of ether oxygens (including phenoxy) is 1. The molecule has 1 nitrogen and oxygen atoms in total. The Morgan fingerprint density at radius 2 is 1.76 bits per heavy atom. The molecule has 0 spiro atoms. The number of rotatable bonds is 6. The summed E-state index contributed by atoms with van der Waals surface area (Å²) in [5, 5.41) is 0.129. The highest BCUT2D eigenvalue weighted by Gasteiger charge is 2.11. The van der Waals surface area contributed by atoms with Crippen LogP contribution in [0.3, 0.4) is 0 Å². The van der Waals surface area contributed by atoms with Crippen molar-refractivity contribution in [2.45, 2.75) is 51.8 Å². The van der Waals surface area contributed by atoms with Crippen molar-refractivity contribution in [2.75, 3.05) is 7.11 Å². The Balaban J connectivity index is 2.77. The second-order valence-electron chi connectivity index (χ2n) is 4.65. The standard InChI is InChI=1S/C15H23ClO/c1-5-6-7-8-14(16)13-9-11(2)15(17-4)12(3)10-13/h9-10,14H,5-8H2,1-4H3. The van der Waals surface area contributed by atoms with Gasteiger partial charge >= 0.3 is 0 Å². The SMILES string of the molecule is CCCCCC(Cl)c1cc(C)c(OC)c(C)c1. The van der Waals surface area contributed by atoms with Gasteiger partial charge in [0.2, 0.25) is 0 Å². The number of benzene rings is 1. The zero-order valence-corrected chi connectivity index (χ0v) is 12.1. The van der Waals surface area contributed by atoms with E-state index in [0.29, 0.717) is 0 Å². The van der Waals surface area contributed by atoms with E-state index < -0.39 is 0 Å². The summed E-state index contributed by atoms with van der Waals surface area (Å²) in [5.74, 6) is 0.978. The molecule has 0 aliphatic rings. The van der Waals surface area contributed by atoms with Crippen LogP contribution in [0, 0.1) is 13.8 Å². The van der Waals surface area contributed by atoms with E-state index in [1.807, 2.05) is 0 Å². The van der Waals surface area contributed by atoms with Crippen molar-refractivity contribution < 1.29 is 4.74 Å². The van der Waals surface area contributed by atoms with Crippen LogP contribution < -0.4 is 4.74 Å². The lowest BCUT2D eigenvalue weighted by atomic mass is 10.0. The molecule has 1 atom stereocenters. The van der Waals surface area contributed by atoms with E-state index >= 15 is 0 Å². The summed E-state index contributed by atoms with van der Waals surface area (Å²) in [6, 6.07) is 4.30. The number of methoxy groups -OCH3 is 1. The van der Waals surface area contributed by atoms with Gasteiger partial charge in [0.05, 0.1) is 12.5 Å². The lowest BCUT2D eigenvalue weighted by Gasteiger charge is -2.15. The normalized spacial score (nSPS) is 12.5. The quantitative estimate of drug-likeness (QED) is 0.503. The summed E-state index contributed by atoms with van der Waals surface area (Å²) >= 11 is 6.44. The molecule has 0 aromatic heterocycles. The van der Waals surface area contributed by atoms with Gasteiger partial charge in [0.15, 0.2) is 0 Å². The molecule has 0 aliphatic carbocycles. The molecule has 1 rings (SSSR count). The first-order valence-corrected chi connectivity index (χ1v) is 6.83. The first-order valence-electron chi connectivity index (χ1n) is 6.39. The average molecular weight is 255 g/mol. The van der Waals surface area contributed by atoms with E-state index in [9.17, 15) is 0 Å². The van der Waals surface area contributed by atoms with Crippen molar-refractivity contribution >= 4 is 11.6 Å². The molecular weight excluding hydrogens is 232 g/mol. The molecule has 2 heteroatoms. The summed E-state index contributed by atoms with van der Waals surface area (Å²) in [4.78, 5) is 0. The van der Waals surface area contributed by atoms with Crippen LogP contribution in [0.4, 0.5) is 0 Å². The van der Waals surface area contributed by atoms with E-state index in [0.717, 1.165) is 12.2 Å². The summed E-state index contributed by atoms with van der Waals surface area (Å²) in [6.07, 6.45) is 4.76. The highest BCUT2D eigenvalue weighted by molar-refractivity contribution is 6.20. The van der Waals surface area contributed by atoms with Crippen molar-refractivity contribution in [3.05, 3.63) is 28.8 Å². The van der Waals surface area contributed by atoms with E-state index in [2.05, 4.69) is 32.9 Å². The van der Waals surface area contributed by atoms with Gasteiger partial charge in [-0.1, -0.05) is 38.3 Å². The summed E-state index contributed by atoms with van der Waals surface area (Å²) in [6.45, 7) is 6.36. The number of alkyl halides is 1. The monoisotopic (exact) mass is 254 g/mol. The average Bonchev–Trinajstić information content (AvgIpc) is 2.28. The predicted molar refractivity (Wildman–Crippen MR) is 75.2 cm³/mol. The Morgan fingerprint density at radius 1 is 1.18 bits per heavy atom. The topological polar surface area (TPSA) is 9.23 Å². The van der Waals surface area contributed by atoms with Gasteiger partial charge in [-0.2, -0.15) is 0 Å². The minimum atomic E-state index is 0.129. The minimum absolute atomic E-state index is 0.129. The maximum Gasteiger partial charge on any atom is 0.124 e. The fourth-order valence-electron chi connectivity index (χ4n) is 2.23. The number of hydrogen-bond acceptors (Lipinski definition) is 1. The Morgan fingerprint density at radius 3 is 2.24 bits per heavy atom. The van der Waals surface area contributed by atoms with Crippen molar-refractivity contribution in [3.8, 4) is 5.75 Å². The number of hydrogen-bond donors (Lipinski definition) is 0. The largest absolute Gasteiger partial charge is 0.496 e. The molecule has 0 aliphatic heterocycles. The van der Waals surface area contributed by atoms with Crippen LogP contribution in [0.15, 0.2) is 12.1 Å². The third-order valence-electron chi connectivity index (χ3n) is 3.11. The van der Waals surface area contributed by atoms with Crippen LogP contribution in [0.25, 0.3) is 0 Å². The van der Waals surface area contributed by atoms with Gasteiger partial charge in [0.1, 0.15) is 5.75 Å². The smallest absolute Gasteiger partial charge is 0.124 e. The van der Waals surface area contributed by atoms with Crippen LogP contribution in [-0.2, 0) is 0 Å². The molecule has 17 heavy (non-hydrogen) atoms. The first-order chi connectivity index (χ1) is 8.10. The van der Waals surface area contributed by atoms with Gasteiger partial charge in [-0.25, -0.2) is 0 Å². The van der Waals surface area contributed by atoms with E-state index in [1.165, 1.54) is 36.0 Å². The summed E-state index contributed by atoms with van der Waals surface area (Å²) in [7, 11) is 1.72. The lowest BCUT2D eigenvalue weighted by molar-refractivity contribution is 0.408. The second-order valence-corrected chi connectivity index (χ2v) is 5.18. The maximum atomic E-state index is 6.44. The number of halogens is 1. The van der Waals surface area contributed by atoms with Crippen molar-refractivity contribution in [1.29, 1.82) is 0 Å². The van der Waals surface area contributed by atoms with Crippen molar-refractivity contribution in [1.82, 2.24) is 0 Å². The molecule has 0 N–H and O–H groups in total. The third kappa shape index (κ3) is 3.92. The molecular formula is C15H23ClO. The first kappa shape index (κ1) is 14.4. The van der Waals surface area contributed by atoms with Gasteiger partial charge in [-0.05, 0) is 37.0 Å². The zero-order valence-electron chi connectivity index (χ0n) is 11.3. The Labute approximate surface area is 110 Å². The molecule has 1 aromatic rings. The third-order valence-corrected chi connectivity index (χ3v) is 3.58. The van der Waals surface area contributed by atoms with Crippen LogP contribution in [0.2, 0.25) is 0 Å². The van der Waals surface area contributed by atoms with Crippen molar-refractivity contribution in [2.24, 2.45) is 0 Å². The highest BCUT2D eigenvalue weighted by Crippen LogP contribution is 2.32. The maximum absolute atomic E-state index is 6.44. The Kier molecular flexibility index (Phi) is 5.84. The van der Waals surface area contributed by atoms with E-state index in [4.69, 9.17) is 16.3 Å². The number of unbranched alkanes of at least 4 members (excludes halogenated alkanes) is 2. The van der Waals surface area contributed by atoms with Gasteiger partial charge in [-0.3, -0.25) is 0 Å². The molecule has 0 amide bonds. The minimum Gasteiger partial charge on any atom is -0.496 e. The lowest BCUT2D eigenvalue weighted by Crippen LogP contribution is -1.97. The molecule has 1 aromatic carbocycles. The van der Waals surface area contributed by atoms with Crippen LogP contribution in [0.1, 0.15) is 54.7 Å². The molecule has 0 bridgehead atoms. The molecule has 0 saturated heterocycles. The molecule has 0 saturated carbocycles. The van der Waals surface area contributed by atoms with Gasteiger partial charge in [0, 0.05) is 0 Å². The van der Waals surface area contributed by atoms with Gasteiger partial charge < -0.3 is 4.74 Å². The van der Waals surface area contributed by atoms with E-state index in [1.54, 1.807) is 7.11 Å². The van der Waals surface area contributed by atoms with Gasteiger partial charge in [0.25, 0.3) is 0 Å². The zero-order chi connectivity index (χ0) is 12.8. The summed E-state index contributed by atoms with van der Waals surface area (Å²) in [5.41, 5.74) is 3.56. The molecule has 96 valence electrons. The van der Waals surface area contributed by atoms with Crippen LogP contribution in [0.5, 0.6) is 5.75 Å². The van der Waals surface area contributed by atoms with Crippen LogP contribution in [-0.4, -0.2) is 7.11 Å². The van der Waals surface area contributed by atoms with Gasteiger partial charge in [-0.15, -0.1) is 11.6 Å². The number of aryl methyl sites for hydroxylation is 2. The molecule has 0 radical (unpaired) electrons. The highest BCUT2D eigenvalue weighted by atomic mass is 35.5. The molecule has 0 heterocycles. The Hall–Kier alpha value is -0.690. The van der Waals surface area contributed by atoms with E-state index in [-0.39, 0.29) is 5.38 Å². The molecule has 1 unspecified atom stereocenters.